The zero-order valence-corrected chi connectivity index (χ0v) is 9.51. The van der Waals surface area contributed by atoms with E-state index >= 15 is 0 Å². The van der Waals surface area contributed by atoms with Gasteiger partial charge in [-0.25, -0.2) is 0 Å². The molecular weight excluding hydrogens is 160 g/mol. The van der Waals surface area contributed by atoms with Crippen molar-refractivity contribution in [3.8, 4) is 0 Å². The Morgan fingerprint density at radius 1 is 1.31 bits per heavy atom. The fourth-order valence-corrected chi connectivity index (χ4v) is 2.06. The van der Waals surface area contributed by atoms with Gasteiger partial charge in [-0.15, -0.1) is 0 Å². The van der Waals surface area contributed by atoms with Gasteiger partial charge in [-0.3, -0.25) is 4.90 Å². The Labute approximate surface area is 82.7 Å². The van der Waals surface area contributed by atoms with Crippen molar-refractivity contribution in [2.45, 2.75) is 58.7 Å². The van der Waals surface area contributed by atoms with E-state index in [1.807, 2.05) is 0 Å². The SMILES string of the molecule is CCNC(C)C(C)N(CC)C1CC1. The fraction of sp³-hybridized carbons (Fsp3) is 1.00. The molecule has 2 nitrogen and oxygen atoms in total. The highest BCUT2D eigenvalue weighted by Crippen LogP contribution is 2.28. The minimum atomic E-state index is 0.616. The Bertz CT molecular complexity index is 143. The van der Waals surface area contributed by atoms with Gasteiger partial charge in [0.25, 0.3) is 0 Å². The Morgan fingerprint density at radius 3 is 2.31 bits per heavy atom. The minimum absolute atomic E-state index is 0.616. The summed E-state index contributed by atoms with van der Waals surface area (Å²) in [5, 5.41) is 3.50. The fourth-order valence-electron chi connectivity index (χ4n) is 2.06. The van der Waals surface area contributed by atoms with Gasteiger partial charge in [-0.1, -0.05) is 13.8 Å². The first-order valence-electron chi connectivity index (χ1n) is 5.69. The summed E-state index contributed by atoms with van der Waals surface area (Å²) in [6, 6.07) is 2.18. The summed E-state index contributed by atoms with van der Waals surface area (Å²) in [6.07, 6.45) is 2.83. The maximum Gasteiger partial charge on any atom is 0.0221 e. The first-order valence-corrected chi connectivity index (χ1v) is 5.69. The number of nitrogens with one attached hydrogen (secondary N) is 1. The van der Waals surface area contributed by atoms with Gasteiger partial charge in [-0.2, -0.15) is 0 Å². The normalized spacial score (nSPS) is 21.9. The quantitative estimate of drug-likeness (QED) is 0.678. The Morgan fingerprint density at radius 2 is 1.92 bits per heavy atom. The monoisotopic (exact) mass is 184 g/mol. The van der Waals surface area contributed by atoms with Gasteiger partial charge in [0, 0.05) is 18.1 Å². The molecule has 1 aliphatic rings. The second-order valence-corrected chi connectivity index (χ2v) is 4.15. The van der Waals surface area contributed by atoms with Gasteiger partial charge in [0.2, 0.25) is 0 Å². The van der Waals surface area contributed by atoms with E-state index in [9.17, 15) is 0 Å². The van der Waals surface area contributed by atoms with Crippen LogP contribution in [0.2, 0.25) is 0 Å². The topological polar surface area (TPSA) is 15.3 Å². The molecule has 13 heavy (non-hydrogen) atoms. The first kappa shape index (κ1) is 11.0. The minimum Gasteiger partial charge on any atom is -0.313 e. The average Bonchev–Trinajstić information content (AvgIpc) is 2.90. The van der Waals surface area contributed by atoms with E-state index in [1.54, 1.807) is 0 Å². The van der Waals surface area contributed by atoms with Crippen LogP contribution < -0.4 is 5.32 Å². The van der Waals surface area contributed by atoms with Crippen LogP contribution in [0, 0.1) is 0 Å². The molecule has 0 aromatic rings. The summed E-state index contributed by atoms with van der Waals surface area (Å²) in [7, 11) is 0. The third-order valence-corrected chi connectivity index (χ3v) is 3.15. The molecule has 0 aromatic carbocycles. The van der Waals surface area contributed by atoms with Crippen LogP contribution in [0.15, 0.2) is 0 Å². The molecular formula is C11H24N2. The van der Waals surface area contributed by atoms with E-state index in [4.69, 9.17) is 0 Å². The lowest BCUT2D eigenvalue weighted by molar-refractivity contribution is 0.175. The molecule has 1 saturated carbocycles. The number of likely N-dealkylation sites (N-methyl/N-ethyl adjacent to an activating group) is 2. The molecule has 1 rings (SSSR count). The van der Waals surface area contributed by atoms with Gasteiger partial charge >= 0.3 is 0 Å². The maximum atomic E-state index is 3.50. The molecule has 1 fully saturated rings. The first-order chi connectivity index (χ1) is 6.20. The maximum absolute atomic E-state index is 3.50. The lowest BCUT2D eigenvalue weighted by Gasteiger charge is -2.32. The van der Waals surface area contributed by atoms with E-state index in [2.05, 4.69) is 37.9 Å². The summed E-state index contributed by atoms with van der Waals surface area (Å²) in [4.78, 5) is 2.63. The molecule has 0 spiro atoms. The Balaban J connectivity index is 2.37. The highest BCUT2D eigenvalue weighted by Gasteiger charge is 2.32. The van der Waals surface area contributed by atoms with E-state index in [-0.39, 0.29) is 0 Å². The molecule has 0 aliphatic heterocycles. The summed E-state index contributed by atoms with van der Waals surface area (Å²) < 4.78 is 0. The zero-order valence-electron chi connectivity index (χ0n) is 9.51. The van der Waals surface area contributed by atoms with E-state index < -0.39 is 0 Å². The van der Waals surface area contributed by atoms with Crippen LogP contribution in [0.3, 0.4) is 0 Å². The van der Waals surface area contributed by atoms with Crippen LogP contribution in [-0.4, -0.2) is 36.1 Å². The van der Waals surface area contributed by atoms with Crippen LogP contribution in [-0.2, 0) is 0 Å². The van der Waals surface area contributed by atoms with Gasteiger partial charge in [0.1, 0.15) is 0 Å². The summed E-state index contributed by atoms with van der Waals surface area (Å²) >= 11 is 0. The predicted molar refractivity (Wildman–Crippen MR) is 58.0 cm³/mol. The standard InChI is InChI=1S/C11H24N2/c1-5-12-9(3)10(4)13(6-2)11-7-8-11/h9-12H,5-8H2,1-4H3. The summed E-state index contributed by atoms with van der Waals surface area (Å²) in [5.41, 5.74) is 0. The van der Waals surface area contributed by atoms with Gasteiger partial charge in [-0.05, 0) is 39.8 Å². The number of hydrogen-bond acceptors (Lipinski definition) is 2. The van der Waals surface area contributed by atoms with E-state index in [1.165, 1.54) is 19.4 Å². The van der Waals surface area contributed by atoms with Crippen molar-refractivity contribution in [3.05, 3.63) is 0 Å². The smallest absolute Gasteiger partial charge is 0.0221 e. The van der Waals surface area contributed by atoms with Crippen LogP contribution in [0.4, 0.5) is 0 Å². The molecule has 78 valence electrons. The van der Waals surface area contributed by atoms with Gasteiger partial charge in [0.15, 0.2) is 0 Å². The molecule has 0 bridgehead atoms. The number of rotatable bonds is 6. The van der Waals surface area contributed by atoms with Crippen molar-refractivity contribution < 1.29 is 0 Å². The third kappa shape index (κ3) is 2.96. The molecule has 2 unspecified atom stereocenters. The molecule has 0 amide bonds. The molecule has 2 atom stereocenters. The van der Waals surface area contributed by atoms with Crippen molar-refractivity contribution in [1.82, 2.24) is 10.2 Å². The van der Waals surface area contributed by atoms with Crippen LogP contribution >= 0.6 is 0 Å². The van der Waals surface area contributed by atoms with Crippen LogP contribution in [0.25, 0.3) is 0 Å². The van der Waals surface area contributed by atoms with Crippen LogP contribution in [0.1, 0.15) is 40.5 Å². The van der Waals surface area contributed by atoms with Crippen molar-refractivity contribution in [3.63, 3.8) is 0 Å². The van der Waals surface area contributed by atoms with Gasteiger partial charge in [0.05, 0.1) is 0 Å². The predicted octanol–water partition coefficient (Wildman–Crippen LogP) is 1.86. The average molecular weight is 184 g/mol. The number of hydrogen-bond donors (Lipinski definition) is 1. The largest absolute Gasteiger partial charge is 0.313 e. The third-order valence-electron chi connectivity index (χ3n) is 3.15. The second kappa shape index (κ2) is 4.97. The Hall–Kier alpha value is -0.0800. The van der Waals surface area contributed by atoms with Crippen molar-refractivity contribution in [2.75, 3.05) is 13.1 Å². The van der Waals surface area contributed by atoms with E-state index in [0.717, 1.165) is 12.6 Å². The zero-order chi connectivity index (χ0) is 9.84. The van der Waals surface area contributed by atoms with Gasteiger partial charge < -0.3 is 5.32 Å². The second-order valence-electron chi connectivity index (χ2n) is 4.15. The highest BCUT2D eigenvalue weighted by atomic mass is 15.2. The van der Waals surface area contributed by atoms with Crippen molar-refractivity contribution >= 4 is 0 Å². The van der Waals surface area contributed by atoms with Crippen molar-refractivity contribution in [2.24, 2.45) is 0 Å². The summed E-state index contributed by atoms with van der Waals surface area (Å²) in [5.74, 6) is 0. The lowest BCUT2D eigenvalue weighted by Crippen LogP contribution is -2.47. The van der Waals surface area contributed by atoms with E-state index in [0.29, 0.717) is 12.1 Å². The van der Waals surface area contributed by atoms with Crippen molar-refractivity contribution in [1.29, 1.82) is 0 Å². The molecule has 0 aromatic heterocycles. The molecule has 2 heteroatoms. The molecule has 1 aliphatic carbocycles. The number of nitrogens with zero attached hydrogens (tertiary/aromatic N) is 1. The molecule has 0 radical (unpaired) electrons. The van der Waals surface area contributed by atoms with Crippen LogP contribution in [0.5, 0.6) is 0 Å². The highest BCUT2D eigenvalue weighted by molar-refractivity contribution is 4.89. The molecule has 0 heterocycles. The molecule has 0 saturated heterocycles. The Kier molecular flexibility index (Phi) is 4.20. The summed E-state index contributed by atoms with van der Waals surface area (Å²) in [6.45, 7) is 11.4. The molecule has 1 N–H and O–H groups in total. The lowest BCUT2D eigenvalue weighted by atomic mass is 10.1.